The molecule has 0 fully saturated rings. The lowest BCUT2D eigenvalue weighted by Gasteiger charge is -2.07. The lowest BCUT2D eigenvalue weighted by atomic mass is 10.1. The maximum absolute atomic E-state index is 12.1. The predicted molar refractivity (Wildman–Crippen MR) is 103 cm³/mol. The average molecular weight is 389 g/mol. The molecule has 2 aromatic rings. The van der Waals surface area contributed by atoms with Crippen LogP contribution in [0.25, 0.3) is 0 Å². The molecule has 0 atom stereocenters. The minimum atomic E-state index is -0.483. The van der Waals surface area contributed by atoms with E-state index in [4.69, 9.17) is 4.74 Å². The second-order valence-electron chi connectivity index (χ2n) is 5.98. The van der Waals surface area contributed by atoms with Crippen LogP contribution in [0.3, 0.4) is 0 Å². The van der Waals surface area contributed by atoms with E-state index in [1.54, 1.807) is 24.3 Å². The SMILES string of the molecule is CCCc1cc(C(=O)OCC(=O)NCc2ccc(C(=O)OC)cc2)sc1C. The van der Waals surface area contributed by atoms with Gasteiger partial charge in [-0.05, 0) is 42.7 Å². The molecule has 0 unspecified atom stereocenters. The largest absolute Gasteiger partial charge is 0.465 e. The number of carbonyl (C=O) groups excluding carboxylic acids is 3. The predicted octanol–water partition coefficient (Wildman–Crippen LogP) is 3.27. The molecule has 7 heteroatoms. The molecule has 1 aromatic carbocycles. The Kier molecular flexibility index (Phi) is 7.55. The third-order valence-corrected chi connectivity index (χ3v) is 5.01. The van der Waals surface area contributed by atoms with Gasteiger partial charge in [0.25, 0.3) is 5.91 Å². The molecule has 2 rings (SSSR count). The van der Waals surface area contributed by atoms with E-state index in [1.165, 1.54) is 18.4 Å². The average Bonchev–Trinajstić information content (AvgIpc) is 3.05. The Morgan fingerprint density at radius 1 is 1.11 bits per heavy atom. The van der Waals surface area contributed by atoms with Crippen LogP contribution in [0.15, 0.2) is 30.3 Å². The lowest BCUT2D eigenvalue weighted by molar-refractivity contribution is -0.124. The van der Waals surface area contributed by atoms with E-state index in [1.807, 2.05) is 13.0 Å². The van der Waals surface area contributed by atoms with Gasteiger partial charge in [-0.3, -0.25) is 4.79 Å². The number of hydrogen-bond donors (Lipinski definition) is 1. The van der Waals surface area contributed by atoms with Crippen molar-refractivity contribution in [3.8, 4) is 0 Å². The lowest BCUT2D eigenvalue weighted by Crippen LogP contribution is -2.28. The summed E-state index contributed by atoms with van der Waals surface area (Å²) in [5, 5.41) is 2.68. The first-order chi connectivity index (χ1) is 12.9. The molecule has 1 heterocycles. The van der Waals surface area contributed by atoms with Crippen LogP contribution in [0.5, 0.6) is 0 Å². The maximum atomic E-state index is 12.1. The van der Waals surface area contributed by atoms with Gasteiger partial charge in [-0.25, -0.2) is 9.59 Å². The third kappa shape index (κ3) is 5.92. The molecule has 0 saturated carbocycles. The van der Waals surface area contributed by atoms with Gasteiger partial charge in [-0.2, -0.15) is 0 Å². The number of rotatable bonds is 8. The second-order valence-corrected chi connectivity index (χ2v) is 7.24. The molecule has 0 aliphatic rings. The first-order valence-corrected chi connectivity index (χ1v) is 9.46. The second kappa shape index (κ2) is 9.87. The first kappa shape index (κ1) is 20.6. The van der Waals surface area contributed by atoms with Gasteiger partial charge in [0, 0.05) is 11.4 Å². The topological polar surface area (TPSA) is 81.7 Å². The van der Waals surface area contributed by atoms with Crippen LogP contribution in [0.4, 0.5) is 0 Å². The zero-order valence-corrected chi connectivity index (χ0v) is 16.5. The molecule has 6 nitrogen and oxygen atoms in total. The molecule has 144 valence electrons. The number of esters is 2. The monoisotopic (exact) mass is 389 g/mol. The van der Waals surface area contributed by atoms with Crippen molar-refractivity contribution in [2.45, 2.75) is 33.2 Å². The van der Waals surface area contributed by atoms with Crippen molar-refractivity contribution < 1.29 is 23.9 Å². The number of carbonyl (C=O) groups is 3. The number of nitrogens with one attached hydrogen (secondary N) is 1. The Bertz CT molecular complexity index is 810. The number of aryl methyl sites for hydroxylation is 2. The molecule has 0 saturated heterocycles. The van der Waals surface area contributed by atoms with Crippen LogP contribution in [0.1, 0.15) is 49.4 Å². The van der Waals surface area contributed by atoms with Crippen molar-refractivity contribution >= 4 is 29.2 Å². The molecule has 0 aliphatic heterocycles. The van der Waals surface area contributed by atoms with Crippen LogP contribution >= 0.6 is 11.3 Å². The quantitative estimate of drug-likeness (QED) is 0.701. The van der Waals surface area contributed by atoms with Gasteiger partial charge in [0.05, 0.1) is 12.7 Å². The van der Waals surface area contributed by atoms with Gasteiger partial charge >= 0.3 is 11.9 Å². The molecule has 1 amide bonds. The van der Waals surface area contributed by atoms with Gasteiger partial charge in [-0.1, -0.05) is 25.5 Å². The summed E-state index contributed by atoms with van der Waals surface area (Å²) >= 11 is 1.39. The normalized spacial score (nSPS) is 10.3. The molecular weight excluding hydrogens is 366 g/mol. The minimum Gasteiger partial charge on any atom is -0.465 e. The van der Waals surface area contributed by atoms with Gasteiger partial charge in [0.2, 0.25) is 0 Å². The molecule has 0 bridgehead atoms. The number of methoxy groups -OCH3 is 1. The summed E-state index contributed by atoms with van der Waals surface area (Å²) in [5.41, 5.74) is 2.41. The van der Waals surface area contributed by atoms with Crippen LogP contribution < -0.4 is 5.32 Å². The van der Waals surface area contributed by atoms with E-state index in [0.29, 0.717) is 10.4 Å². The van der Waals surface area contributed by atoms with Crippen LogP contribution in [-0.2, 0) is 27.2 Å². The maximum Gasteiger partial charge on any atom is 0.348 e. The summed E-state index contributed by atoms with van der Waals surface area (Å²) in [7, 11) is 1.32. The molecule has 27 heavy (non-hydrogen) atoms. The van der Waals surface area contributed by atoms with E-state index in [-0.39, 0.29) is 19.1 Å². The van der Waals surface area contributed by atoms with Gasteiger partial charge in [0.1, 0.15) is 4.88 Å². The van der Waals surface area contributed by atoms with Crippen LogP contribution in [0, 0.1) is 6.92 Å². The summed E-state index contributed by atoms with van der Waals surface area (Å²) < 4.78 is 9.72. The van der Waals surface area contributed by atoms with Gasteiger partial charge < -0.3 is 14.8 Å². The van der Waals surface area contributed by atoms with E-state index in [0.717, 1.165) is 28.8 Å². The Hall–Kier alpha value is -2.67. The zero-order valence-electron chi connectivity index (χ0n) is 15.7. The molecule has 0 spiro atoms. The van der Waals surface area contributed by atoms with Crippen LogP contribution in [0.2, 0.25) is 0 Å². The highest BCUT2D eigenvalue weighted by atomic mass is 32.1. The number of thiophene rings is 1. The van der Waals surface area contributed by atoms with Crippen molar-refractivity contribution in [3.63, 3.8) is 0 Å². The third-order valence-electron chi connectivity index (χ3n) is 3.94. The van der Waals surface area contributed by atoms with E-state index in [2.05, 4.69) is 17.0 Å². The first-order valence-electron chi connectivity index (χ1n) is 8.65. The van der Waals surface area contributed by atoms with Crippen molar-refractivity contribution in [2.75, 3.05) is 13.7 Å². The summed E-state index contributed by atoms with van der Waals surface area (Å²) in [5.74, 6) is -1.28. The van der Waals surface area contributed by atoms with Crippen molar-refractivity contribution in [1.29, 1.82) is 0 Å². The Morgan fingerprint density at radius 3 is 2.44 bits per heavy atom. The smallest absolute Gasteiger partial charge is 0.348 e. The van der Waals surface area contributed by atoms with E-state index in [9.17, 15) is 14.4 Å². The molecule has 1 N–H and O–H groups in total. The number of hydrogen-bond acceptors (Lipinski definition) is 6. The van der Waals surface area contributed by atoms with Crippen molar-refractivity contribution in [3.05, 3.63) is 56.8 Å². The highest BCUT2D eigenvalue weighted by molar-refractivity contribution is 7.14. The fraction of sp³-hybridized carbons (Fsp3) is 0.350. The Morgan fingerprint density at radius 2 is 1.81 bits per heavy atom. The van der Waals surface area contributed by atoms with Crippen molar-refractivity contribution in [1.82, 2.24) is 5.32 Å². The molecular formula is C20H23NO5S. The molecule has 1 aromatic heterocycles. The zero-order chi connectivity index (χ0) is 19.8. The Labute approximate surface area is 162 Å². The van der Waals surface area contributed by atoms with Crippen molar-refractivity contribution in [2.24, 2.45) is 0 Å². The summed E-state index contributed by atoms with van der Waals surface area (Å²) in [6.45, 7) is 4.00. The minimum absolute atomic E-state index is 0.274. The fourth-order valence-electron chi connectivity index (χ4n) is 2.47. The number of benzene rings is 1. The van der Waals surface area contributed by atoms with E-state index < -0.39 is 11.9 Å². The van der Waals surface area contributed by atoms with Crippen LogP contribution in [-0.4, -0.2) is 31.6 Å². The fourth-order valence-corrected chi connectivity index (χ4v) is 3.43. The number of ether oxygens (including phenoxy) is 2. The summed E-state index contributed by atoms with van der Waals surface area (Å²) in [6.07, 6.45) is 1.93. The van der Waals surface area contributed by atoms with Gasteiger partial charge in [0.15, 0.2) is 6.61 Å². The number of amides is 1. The Balaban J connectivity index is 1.79. The molecule has 0 radical (unpaired) electrons. The summed E-state index contributed by atoms with van der Waals surface area (Å²) in [6, 6.07) is 8.54. The standard InChI is InChI=1S/C20H23NO5S/c1-4-5-16-10-17(27-13(16)2)20(24)26-12-18(22)21-11-14-6-8-15(9-7-14)19(23)25-3/h6-10H,4-5,11-12H2,1-3H3,(H,21,22). The summed E-state index contributed by atoms with van der Waals surface area (Å²) in [4.78, 5) is 37.0. The van der Waals surface area contributed by atoms with E-state index >= 15 is 0 Å². The van der Waals surface area contributed by atoms with Gasteiger partial charge in [-0.15, -0.1) is 11.3 Å². The molecule has 0 aliphatic carbocycles. The highest BCUT2D eigenvalue weighted by Crippen LogP contribution is 2.23. The highest BCUT2D eigenvalue weighted by Gasteiger charge is 2.15.